The van der Waals surface area contributed by atoms with E-state index in [0.717, 1.165) is 16.7 Å². The first-order chi connectivity index (χ1) is 12.0. The van der Waals surface area contributed by atoms with Crippen molar-refractivity contribution in [3.8, 4) is 5.88 Å². The molecule has 1 aliphatic rings. The lowest BCUT2D eigenvalue weighted by Gasteiger charge is -2.38. The van der Waals surface area contributed by atoms with Crippen LogP contribution in [0.15, 0.2) is 36.5 Å². The number of aliphatic hydroxyl groups excluding tert-OH is 1. The van der Waals surface area contributed by atoms with Gasteiger partial charge < -0.3 is 15.2 Å². The van der Waals surface area contributed by atoms with Crippen LogP contribution in [0.1, 0.15) is 45.9 Å². The smallest absolute Gasteiger partial charge is 0.252 e. The van der Waals surface area contributed by atoms with Crippen molar-refractivity contribution >= 4 is 5.91 Å². The van der Waals surface area contributed by atoms with Gasteiger partial charge in [0.05, 0.1) is 19.3 Å². The molecule has 1 aromatic heterocycles. The van der Waals surface area contributed by atoms with Gasteiger partial charge in [-0.2, -0.15) is 0 Å². The van der Waals surface area contributed by atoms with Gasteiger partial charge in [-0.1, -0.05) is 23.8 Å². The monoisotopic (exact) mass is 340 g/mol. The van der Waals surface area contributed by atoms with Crippen molar-refractivity contribution in [1.82, 2.24) is 10.3 Å². The van der Waals surface area contributed by atoms with Crippen molar-refractivity contribution < 1.29 is 14.6 Å². The van der Waals surface area contributed by atoms with Crippen LogP contribution in [-0.2, 0) is 0 Å². The average molecular weight is 340 g/mol. The molecule has 5 nitrogen and oxygen atoms in total. The highest BCUT2D eigenvalue weighted by molar-refractivity contribution is 5.96. The van der Waals surface area contributed by atoms with Crippen LogP contribution in [0.2, 0.25) is 0 Å². The standard InChI is InChI=1S/C20H24N2O3/c1-12-4-5-13(2)17(8-12)20(24)22-19(15-9-16(23)10-15)14-6-7-18(25-3)21-11-14/h4-8,11,15-16,19,23H,9-10H2,1-3H3,(H,22,24). The molecule has 1 atom stereocenters. The quantitative estimate of drug-likeness (QED) is 0.878. The molecular formula is C20H24N2O3. The fourth-order valence-electron chi connectivity index (χ4n) is 3.27. The van der Waals surface area contributed by atoms with Crippen molar-refractivity contribution in [3.05, 3.63) is 58.8 Å². The zero-order chi connectivity index (χ0) is 18.0. The molecule has 25 heavy (non-hydrogen) atoms. The minimum absolute atomic E-state index is 0.0941. The Hall–Kier alpha value is -2.40. The van der Waals surface area contributed by atoms with Crippen LogP contribution in [0.4, 0.5) is 0 Å². The third-order valence-electron chi connectivity index (χ3n) is 4.87. The van der Waals surface area contributed by atoms with E-state index in [4.69, 9.17) is 4.74 Å². The second-order valence-corrected chi connectivity index (χ2v) is 6.79. The summed E-state index contributed by atoms with van der Waals surface area (Å²) in [5.74, 6) is 0.652. The molecule has 1 unspecified atom stereocenters. The molecule has 0 radical (unpaired) electrons. The molecule has 2 N–H and O–H groups in total. The predicted molar refractivity (Wildman–Crippen MR) is 95.6 cm³/mol. The number of nitrogens with one attached hydrogen (secondary N) is 1. The van der Waals surface area contributed by atoms with E-state index in [9.17, 15) is 9.90 Å². The number of aryl methyl sites for hydroxylation is 2. The van der Waals surface area contributed by atoms with Crippen LogP contribution >= 0.6 is 0 Å². The van der Waals surface area contributed by atoms with Gasteiger partial charge in [0, 0.05) is 17.8 Å². The van der Waals surface area contributed by atoms with E-state index in [1.54, 1.807) is 19.4 Å². The molecule has 132 valence electrons. The van der Waals surface area contributed by atoms with E-state index in [-0.39, 0.29) is 24.0 Å². The fraction of sp³-hybridized carbons (Fsp3) is 0.400. The van der Waals surface area contributed by atoms with Gasteiger partial charge in [-0.15, -0.1) is 0 Å². The Bertz CT molecular complexity index is 752. The Morgan fingerprint density at radius 2 is 2.04 bits per heavy atom. The van der Waals surface area contributed by atoms with Gasteiger partial charge in [-0.3, -0.25) is 4.79 Å². The van der Waals surface area contributed by atoms with E-state index in [0.29, 0.717) is 24.3 Å². The number of aliphatic hydroxyl groups is 1. The molecule has 1 aliphatic carbocycles. The first-order valence-corrected chi connectivity index (χ1v) is 8.54. The number of carbonyl (C=O) groups is 1. The molecule has 1 amide bonds. The summed E-state index contributed by atoms with van der Waals surface area (Å²) in [4.78, 5) is 17.1. The molecule has 2 aromatic rings. The van der Waals surface area contributed by atoms with Crippen LogP contribution in [0.3, 0.4) is 0 Å². The van der Waals surface area contributed by atoms with Gasteiger partial charge in [0.15, 0.2) is 0 Å². The lowest BCUT2D eigenvalue weighted by molar-refractivity contribution is 0.0234. The van der Waals surface area contributed by atoms with Crippen LogP contribution in [0, 0.1) is 19.8 Å². The molecule has 0 bridgehead atoms. The summed E-state index contributed by atoms with van der Waals surface area (Å²) in [7, 11) is 1.57. The Morgan fingerprint density at radius 1 is 1.28 bits per heavy atom. The molecule has 0 spiro atoms. The number of hydrogen-bond donors (Lipinski definition) is 2. The summed E-state index contributed by atoms with van der Waals surface area (Å²) >= 11 is 0. The first-order valence-electron chi connectivity index (χ1n) is 8.54. The first kappa shape index (κ1) is 17.4. The molecule has 0 aliphatic heterocycles. The molecule has 3 rings (SSSR count). The SMILES string of the molecule is COc1ccc(C(NC(=O)c2cc(C)ccc2C)C2CC(O)C2)cn1. The lowest BCUT2D eigenvalue weighted by atomic mass is 9.75. The van der Waals surface area contributed by atoms with E-state index in [2.05, 4.69) is 10.3 Å². The van der Waals surface area contributed by atoms with Crippen molar-refractivity contribution in [3.63, 3.8) is 0 Å². The highest BCUT2D eigenvalue weighted by atomic mass is 16.5. The van der Waals surface area contributed by atoms with Gasteiger partial charge in [0.1, 0.15) is 0 Å². The van der Waals surface area contributed by atoms with Crippen molar-refractivity contribution in [2.75, 3.05) is 7.11 Å². The molecular weight excluding hydrogens is 316 g/mol. The molecule has 0 saturated heterocycles. The number of aromatic nitrogens is 1. The van der Waals surface area contributed by atoms with Crippen LogP contribution in [0.5, 0.6) is 5.88 Å². The molecule has 1 saturated carbocycles. The highest BCUT2D eigenvalue weighted by Crippen LogP contribution is 2.38. The van der Waals surface area contributed by atoms with Gasteiger partial charge >= 0.3 is 0 Å². The second kappa shape index (κ2) is 7.23. The van der Waals surface area contributed by atoms with Gasteiger partial charge in [0.25, 0.3) is 5.91 Å². The predicted octanol–water partition coefficient (Wildman–Crippen LogP) is 2.95. The molecule has 1 aromatic carbocycles. The number of nitrogens with zero attached hydrogens (tertiary/aromatic N) is 1. The van der Waals surface area contributed by atoms with Gasteiger partial charge in [0.2, 0.25) is 5.88 Å². The number of rotatable bonds is 5. The largest absolute Gasteiger partial charge is 0.481 e. The number of amides is 1. The maximum absolute atomic E-state index is 12.8. The van der Waals surface area contributed by atoms with E-state index in [1.807, 2.05) is 38.1 Å². The summed E-state index contributed by atoms with van der Waals surface area (Å²) < 4.78 is 5.11. The van der Waals surface area contributed by atoms with Crippen LogP contribution in [-0.4, -0.2) is 29.2 Å². The van der Waals surface area contributed by atoms with Crippen molar-refractivity contribution in [2.24, 2.45) is 5.92 Å². The zero-order valence-electron chi connectivity index (χ0n) is 14.8. The van der Waals surface area contributed by atoms with E-state index < -0.39 is 0 Å². The number of hydrogen-bond acceptors (Lipinski definition) is 4. The Balaban J connectivity index is 1.84. The molecule has 1 fully saturated rings. The summed E-state index contributed by atoms with van der Waals surface area (Å²) in [5.41, 5.74) is 3.61. The van der Waals surface area contributed by atoms with Crippen LogP contribution in [0.25, 0.3) is 0 Å². The number of pyridine rings is 1. The highest BCUT2D eigenvalue weighted by Gasteiger charge is 2.36. The molecule has 1 heterocycles. The van der Waals surface area contributed by atoms with Crippen molar-refractivity contribution in [2.45, 2.75) is 38.8 Å². The maximum atomic E-state index is 12.8. The number of ether oxygens (including phenoxy) is 1. The second-order valence-electron chi connectivity index (χ2n) is 6.79. The van der Waals surface area contributed by atoms with Gasteiger partial charge in [-0.05, 0) is 49.8 Å². The minimum Gasteiger partial charge on any atom is -0.481 e. The average Bonchev–Trinajstić information content (AvgIpc) is 2.59. The Labute approximate surface area is 148 Å². The third-order valence-corrected chi connectivity index (χ3v) is 4.87. The topological polar surface area (TPSA) is 71.5 Å². The maximum Gasteiger partial charge on any atom is 0.252 e. The lowest BCUT2D eigenvalue weighted by Crippen LogP contribution is -2.41. The zero-order valence-corrected chi connectivity index (χ0v) is 14.8. The summed E-state index contributed by atoms with van der Waals surface area (Å²) in [6, 6.07) is 9.41. The Morgan fingerprint density at radius 3 is 2.64 bits per heavy atom. The fourth-order valence-corrected chi connectivity index (χ4v) is 3.27. The normalized spacial score (nSPS) is 20.5. The van der Waals surface area contributed by atoms with Crippen molar-refractivity contribution in [1.29, 1.82) is 0 Å². The summed E-state index contributed by atoms with van der Waals surface area (Å²) in [6.45, 7) is 3.91. The third kappa shape index (κ3) is 3.82. The summed E-state index contributed by atoms with van der Waals surface area (Å²) in [5, 5.41) is 12.8. The number of methoxy groups -OCH3 is 1. The number of benzene rings is 1. The van der Waals surface area contributed by atoms with Gasteiger partial charge in [-0.25, -0.2) is 4.98 Å². The van der Waals surface area contributed by atoms with Crippen LogP contribution < -0.4 is 10.1 Å². The minimum atomic E-state index is -0.281. The number of carbonyl (C=O) groups excluding carboxylic acids is 1. The molecule has 5 heteroatoms. The van der Waals surface area contributed by atoms with E-state index >= 15 is 0 Å². The summed E-state index contributed by atoms with van der Waals surface area (Å²) in [6.07, 6.45) is 2.82. The van der Waals surface area contributed by atoms with E-state index in [1.165, 1.54) is 0 Å². The Kier molecular flexibility index (Phi) is 5.04.